The summed E-state index contributed by atoms with van der Waals surface area (Å²) in [7, 11) is 0. The standard InChI is InChI=1S/C20H21BrN6O2/c1-3-25(4-2)10-15-23-19(24-29-15)17-18-14-8-9-26(14)20(28)16-12(21)6-5-7-13(16)27(18)11-22-17/h5-7,11,14H,3-4,8-10H2,1-2H3/t14-/m0/s1. The number of halogens is 1. The van der Waals surface area contributed by atoms with Crippen LogP contribution in [-0.2, 0) is 6.54 Å². The molecule has 1 fully saturated rings. The van der Waals surface area contributed by atoms with E-state index in [-0.39, 0.29) is 11.9 Å². The van der Waals surface area contributed by atoms with Crippen molar-refractivity contribution in [1.82, 2.24) is 29.5 Å². The average Bonchev–Trinajstić information content (AvgIpc) is 3.30. The molecule has 4 heterocycles. The van der Waals surface area contributed by atoms with Gasteiger partial charge in [-0.1, -0.05) is 25.1 Å². The maximum Gasteiger partial charge on any atom is 0.257 e. The first-order valence-electron chi connectivity index (χ1n) is 9.84. The Morgan fingerprint density at radius 2 is 2.14 bits per heavy atom. The van der Waals surface area contributed by atoms with E-state index < -0.39 is 0 Å². The zero-order valence-electron chi connectivity index (χ0n) is 16.3. The van der Waals surface area contributed by atoms with E-state index in [9.17, 15) is 4.79 Å². The van der Waals surface area contributed by atoms with Gasteiger partial charge in [-0.15, -0.1) is 0 Å². The van der Waals surface area contributed by atoms with E-state index in [4.69, 9.17) is 4.52 Å². The summed E-state index contributed by atoms with van der Waals surface area (Å²) in [6.45, 7) is 7.38. The van der Waals surface area contributed by atoms with E-state index in [1.165, 1.54) is 0 Å². The van der Waals surface area contributed by atoms with Gasteiger partial charge < -0.3 is 9.42 Å². The van der Waals surface area contributed by atoms with Crippen LogP contribution in [0.4, 0.5) is 0 Å². The summed E-state index contributed by atoms with van der Waals surface area (Å²) in [6.07, 6.45) is 2.64. The Morgan fingerprint density at radius 1 is 1.31 bits per heavy atom. The van der Waals surface area contributed by atoms with Crippen molar-refractivity contribution >= 4 is 21.8 Å². The molecule has 1 saturated heterocycles. The fraction of sp³-hybridized carbons (Fsp3) is 0.400. The second-order valence-corrected chi connectivity index (χ2v) is 8.11. The SMILES string of the molecule is CCN(CC)Cc1nc(-c2ncn3c2[C@@H]2CCN2C(=O)c2c(Br)cccc2-3)no1. The molecule has 1 aromatic carbocycles. The Balaban J connectivity index is 1.60. The number of nitrogens with zero attached hydrogens (tertiary/aromatic N) is 6. The number of carbonyl (C=O) groups excluding carboxylic acids is 1. The van der Waals surface area contributed by atoms with Crippen LogP contribution in [0, 0.1) is 0 Å². The highest BCUT2D eigenvalue weighted by atomic mass is 79.9. The highest BCUT2D eigenvalue weighted by Gasteiger charge is 2.43. The monoisotopic (exact) mass is 456 g/mol. The summed E-state index contributed by atoms with van der Waals surface area (Å²) in [6, 6.07) is 5.73. The molecule has 9 heteroatoms. The topological polar surface area (TPSA) is 80.3 Å². The number of amides is 1. The van der Waals surface area contributed by atoms with E-state index in [0.29, 0.717) is 29.5 Å². The Hall–Kier alpha value is -2.52. The van der Waals surface area contributed by atoms with Crippen molar-refractivity contribution in [1.29, 1.82) is 0 Å². The van der Waals surface area contributed by atoms with Crippen molar-refractivity contribution in [3.63, 3.8) is 0 Å². The van der Waals surface area contributed by atoms with E-state index in [1.807, 2.05) is 27.7 Å². The Kier molecular flexibility index (Phi) is 4.51. The van der Waals surface area contributed by atoms with Crippen molar-refractivity contribution in [2.45, 2.75) is 32.9 Å². The smallest absolute Gasteiger partial charge is 0.257 e. The van der Waals surface area contributed by atoms with Gasteiger partial charge in [0.25, 0.3) is 5.91 Å². The van der Waals surface area contributed by atoms with Gasteiger partial charge in [0.2, 0.25) is 11.7 Å². The molecule has 1 amide bonds. The molecule has 2 aliphatic rings. The third-order valence-corrected chi connectivity index (χ3v) is 6.46. The Labute approximate surface area is 176 Å². The third-order valence-electron chi connectivity index (χ3n) is 5.80. The van der Waals surface area contributed by atoms with Crippen molar-refractivity contribution in [2.75, 3.05) is 19.6 Å². The molecule has 3 aromatic rings. The molecular formula is C20H21BrN6O2. The van der Waals surface area contributed by atoms with Gasteiger partial charge in [0.05, 0.1) is 29.5 Å². The van der Waals surface area contributed by atoms with Gasteiger partial charge >= 0.3 is 0 Å². The van der Waals surface area contributed by atoms with Crippen LogP contribution in [0.2, 0.25) is 0 Å². The largest absolute Gasteiger partial charge is 0.337 e. The van der Waals surface area contributed by atoms with Gasteiger partial charge in [-0.05, 0) is 47.6 Å². The minimum Gasteiger partial charge on any atom is -0.337 e. The molecule has 0 radical (unpaired) electrons. The summed E-state index contributed by atoms with van der Waals surface area (Å²) in [5.41, 5.74) is 3.10. The van der Waals surface area contributed by atoms with Crippen LogP contribution in [0.1, 0.15) is 48.3 Å². The molecule has 0 saturated carbocycles. The molecule has 5 rings (SSSR count). The third kappa shape index (κ3) is 2.83. The fourth-order valence-electron chi connectivity index (χ4n) is 4.08. The number of hydrogen-bond donors (Lipinski definition) is 0. The molecule has 0 bridgehead atoms. The lowest BCUT2D eigenvalue weighted by atomic mass is 9.97. The van der Waals surface area contributed by atoms with Crippen molar-refractivity contribution < 1.29 is 9.32 Å². The van der Waals surface area contributed by atoms with Crippen molar-refractivity contribution in [3.8, 4) is 17.2 Å². The lowest BCUT2D eigenvalue weighted by Gasteiger charge is -2.39. The van der Waals surface area contributed by atoms with E-state index in [0.717, 1.165) is 41.9 Å². The summed E-state index contributed by atoms with van der Waals surface area (Å²) < 4.78 is 8.28. The highest BCUT2D eigenvalue weighted by molar-refractivity contribution is 9.10. The zero-order valence-corrected chi connectivity index (χ0v) is 17.9. The average molecular weight is 457 g/mol. The molecule has 0 aliphatic carbocycles. The number of aromatic nitrogens is 4. The lowest BCUT2D eigenvalue weighted by molar-refractivity contribution is 0.0460. The van der Waals surface area contributed by atoms with Crippen LogP contribution in [0.5, 0.6) is 0 Å². The van der Waals surface area contributed by atoms with E-state index >= 15 is 0 Å². The van der Waals surface area contributed by atoms with Crippen LogP contribution >= 0.6 is 15.9 Å². The summed E-state index contributed by atoms with van der Waals surface area (Å²) in [5.74, 6) is 1.08. The highest BCUT2D eigenvalue weighted by Crippen LogP contribution is 2.44. The van der Waals surface area contributed by atoms with Crippen LogP contribution in [0.3, 0.4) is 0 Å². The number of imidazole rings is 1. The van der Waals surface area contributed by atoms with Gasteiger partial charge in [-0.25, -0.2) is 4.98 Å². The lowest BCUT2D eigenvalue weighted by Crippen LogP contribution is -2.44. The normalized spacial score (nSPS) is 17.6. The molecule has 1 atom stereocenters. The van der Waals surface area contributed by atoms with Gasteiger partial charge in [-0.2, -0.15) is 4.98 Å². The van der Waals surface area contributed by atoms with Crippen LogP contribution < -0.4 is 0 Å². The molecule has 29 heavy (non-hydrogen) atoms. The molecular weight excluding hydrogens is 436 g/mol. The molecule has 2 aromatic heterocycles. The quantitative estimate of drug-likeness (QED) is 0.584. The zero-order chi connectivity index (χ0) is 20.1. The predicted octanol–water partition coefficient (Wildman–Crippen LogP) is 3.43. The van der Waals surface area contributed by atoms with Crippen molar-refractivity contribution in [2.24, 2.45) is 0 Å². The summed E-state index contributed by atoms with van der Waals surface area (Å²) in [4.78, 5) is 26.5. The first-order chi connectivity index (χ1) is 14.1. The predicted molar refractivity (Wildman–Crippen MR) is 110 cm³/mol. The number of fused-ring (bicyclic) bond motifs is 5. The number of hydrogen-bond acceptors (Lipinski definition) is 6. The molecule has 0 spiro atoms. The number of rotatable bonds is 5. The number of carbonyl (C=O) groups is 1. The van der Waals surface area contributed by atoms with Crippen LogP contribution in [-0.4, -0.2) is 55.0 Å². The van der Waals surface area contributed by atoms with E-state index in [1.54, 1.807) is 6.33 Å². The fourth-order valence-corrected chi connectivity index (χ4v) is 4.60. The first kappa shape index (κ1) is 18.5. The van der Waals surface area contributed by atoms with Crippen LogP contribution in [0.15, 0.2) is 33.5 Å². The molecule has 0 N–H and O–H groups in total. The molecule has 8 nitrogen and oxygen atoms in total. The van der Waals surface area contributed by atoms with Gasteiger partial charge in [0.15, 0.2) is 0 Å². The molecule has 2 aliphatic heterocycles. The second kappa shape index (κ2) is 7.07. The maximum atomic E-state index is 13.1. The van der Waals surface area contributed by atoms with E-state index in [2.05, 4.69) is 49.8 Å². The van der Waals surface area contributed by atoms with Gasteiger partial charge in [0, 0.05) is 11.0 Å². The van der Waals surface area contributed by atoms with Gasteiger partial charge in [0.1, 0.15) is 12.0 Å². The Bertz CT molecular complexity index is 1090. The van der Waals surface area contributed by atoms with Crippen molar-refractivity contribution in [3.05, 3.63) is 46.1 Å². The summed E-state index contributed by atoms with van der Waals surface area (Å²) >= 11 is 3.55. The summed E-state index contributed by atoms with van der Waals surface area (Å²) in [5, 5.41) is 4.19. The first-order valence-corrected chi connectivity index (χ1v) is 10.6. The molecule has 0 unspecified atom stereocenters. The van der Waals surface area contributed by atoms with Crippen LogP contribution in [0.25, 0.3) is 17.2 Å². The minimum absolute atomic E-state index is 0.0358. The Morgan fingerprint density at radius 3 is 2.86 bits per heavy atom. The maximum absolute atomic E-state index is 13.1. The minimum atomic E-state index is -0.0379. The molecule has 150 valence electrons. The second-order valence-electron chi connectivity index (χ2n) is 7.26. The van der Waals surface area contributed by atoms with Gasteiger partial charge in [-0.3, -0.25) is 14.3 Å². The number of benzene rings is 1.